The number of aromatic amines is 1. The van der Waals surface area contributed by atoms with Gasteiger partial charge in [-0.15, -0.1) is 10.2 Å². The van der Waals surface area contributed by atoms with Crippen molar-refractivity contribution in [3.8, 4) is 11.5 Å². The Labute approximate surface area is 167 Å². The van der Waals surface area contributed by atoms with Crippen molar-refractivity contribution in [1.29, 1.82) is 0 Å². The number of para-hydroxylation sites is 1. The van der Waals surface area contributed by atoms with Gasteiger partial charge in [0.05, 0.1) is 10.8 Å². The fourth-order valence-electron chi connectivity index (χ4n) is 2.60. The Kier molecular flexibility index (Phi) is 5.00. The molecule has 1 atom stereocenters. The van der Waals surface area contributed by atoms with Gasteiger partial charge in [0.1, 0.15) is 0 Å². The van der Waals surface area contributed by atoms with Crippen molar-refractivity contribution in [1.82, 2.24) is 15.2 Å². The van der Waals surface area contributed by atoms with Crippen LogP contribution >= 0.6 is 27.7 Å². The number of rotatable bonds is 5. The third-order valence-electron chi connectivity index (χ3n) is 3.98. The van der Waals surface area contributed by atoms with Crippen molar-refractivity contribution in [2.75, 3.05) is 5.32 Å². The molecule has 1 unspecified atom stereocenters. The molecule has 1 amide bonds. The summed E-state index contributed by atoms with van der Waals surface area (Å²) in [6.07, 6.45) is 1.84. The van der Waals surface area contributed by atoms with Crippen LogP contribution in [-0.4, -0.2) is 26.3 Å². The second-order valence-corrected chi connectivity index (χ2v) is 8.09. The minimum absolute atomic E-state index is 0.130. The molecular formula is C19H15BrN4O2S. The molecule has 0 saturated heterocycles. The van der Waals surface area contributed by atoms with Crippen LogP contribution in [0.15, 0.2) is 68.8 Å². The van der Waals surface area contributed by atoms with E-state index < -0.39 is 0 Å². The Hall–Kier alpha value is -2.58. The first kappa shape index (κ1) is 17.8. The van der Waals surface area contributed by atoms with Gasteiger partial charge in [0, 0.05) is 27.3 Å². The van der Waals surface area contributed by atoms with Crippen molar-refractivity contribution in [2.45, 2.75) is 17.4 Å². The Morgan fingerprint density at radius 1 is 1.19 bits per heavy atom. The Morgan fingerprint density at radius 2 is 1.96 bits per heavy atom. The number of hydrogen-bond acceptors (Lipinski definition) is 5. The number of H-pyrrole nitrogens is 1. The van der Waals surface area contributed by atoms with Crippen molar-refractivity contribution in [3.05, 3.63) is 59.2 Å². The van der Waals surface area contributed by atoms with Gasteiger partial charge in [0.25, 0.3) is 11.1 Å². The topological polar surface area (TPSA) is 83.8 Å². The van der Waals surface area contributed by atoms with Gasteiger partial charge in [-0.2, -0.15) is 0 Å². The third kappa shape index (κ3) is 3.91. The number of thioether (sulfide) groups is 1. The number of fused-ring (bicyclic) bond motifs is 1. The van der Waals surface area contributed by atoms with Crippen molar-refractivity contribution in [3.63, 3.8) is 0 Å². The minimum Gasteiger partial charge on any atom is -0.411 e. The molecule has 0 bridgehead atoms. The first-order valence-electron chi connectivity index (χ1n) is 8.23. The molecule has 136 valence electrons. The molecule has 0 fully saturated rings. The lowest BCUT2D eigenvalue weighted by Crippen LogP contribution is -2.22. The molecule has 2 aromatic heterocycles. The molecule has 0 spiro atoms. The molecule has 4 rings (SSSR count). The molecule has 8 heteroatoms. The maximum atomic E-state index is 12.4. The molecule has 2 heterocycles. The van der Waals surface area contributed by atoms with Crippen LogP contribution in [0.2, 0.25) is 0 Å². The highest BCUT2D eigenvalue weighted by Gasteiger charge is 2.20. The molecule has 0 aliphatic carbocycles. The number of anilines is 1. The Bertz CT molecular complexity index is 1090. The number of carbonyl (C=O) groups excluding carboxylic acids is 1. The van der Waals surface area contributed by atoms with Crippen LogP contribution in [0, 0.1) is 0 Å². The average Bonchev–Trinajstić information content (AvgIpc) is 3.30. The predicted octanol–water partition coefficient (Wildman–Crippen LogP) is 5.10. The van der Waals surface area contributed by atoms with Gasteiger partial charge < -0.3 is 14.7 Å². The van der Waals surface area contributed by atoms with E-state index >= 15 is 0 Å². The summed E-state index contributed by atoms with van der Waals surface area (Å²) in [7, 11) is 0. The van der Waals surface area contributed by atoms with Crippen LogP contribution in [0.4, 0.5) is 5.69 Å². The fourth-order valence-corrected chi connectivity index (χ4v) is 3.54. The van der Waals surface area contributed by atoms with Crippen molar-refractivity contribution >= 4 is 50.2 Å². The van der Waals surface area contributed by atoms with E-state index in [1.54, 1.807) is 6.92 Å². The molecular weight excluding hydrogens is 428 g/mol. The molecule has 4 aromatic rings. The zero-order valence-corrected chi connectivity index (χ0v) is 16.7. The molecule has 27 heavy (non-hydrogen) atoms. The highest BCUT2D eigenvalue weighted by molar-refractivity contribution is 9.10. The van der Waals surface area contributed by atoms with Crippen LogP contribution < -0.4 is 5.32 Å². The second kappa shape index (κ2) is 7.58. The van der Waals surface area contributed by atoms with Gasteiger partial charge in [-0.1, -0.05) is 45.9 Å². The van der Waals surface area contributed by atoms with Crippen LogP contribution in [-0.2, 0) is 4.79 Å². The van der Waals surface area contributed by atoms with E-state index in [1.807, 2.05) is 54.7 Å². The average molecular weight is 443 g/mol. The molecule has 0 aliphatic rings. The number of benzene rings is 2. The molecule has 0 saturated carbocycles. The van der Waals surface area contributed by atoms with E-state index in [0.717, 1.165) is 26.6 Å². The van der Waals surface area contributed by atoms with E-state index in [2.05, 4.69) is 36.4 Å². The maximum Gasteiger partial charge on any atom is 0.277 e. The lowest BCUT2D eigenvalue weighted by molar-refractivity contribution is -0.115. The number of carbonyl (C=O) groups is 1. The number of hydrogen-bond donors (Lipinski definition) is 2. The number of aromatic nitrogens is 3. The second-order valence-electron chi connectivity index (χ2n) is 5.88. The SMILES string of the molecule is CC(Sc1nnc(-c2c[nH]c3ccccc23)o1)C(=O)Nc1ccc(Br)cc1. The Morgan fingerprint density at radius 3 is 2.78 bits per heavy atom. The van der Waals surface area contributed by atoms with Crippen molar-refractivity contribution < 1.29 is 9.21 Å². The molecule has 6 nitrogen and oxygen atoms in total. The summed E-state index contributed by atoms with van der Waals surface area (Å²) in [6.45, 7) is 1.80. The summed E-state index contributed by atoms with van der Waals surface area (Å²) in [5, 5.41) is 12.0. The van der Waals surface area contributed by atoms with Crippen molar-refractivity contribution in [2.24, 2.45) is 0 Å². The Balaban J connectivity index is 1.45. The molecule has 2 aromatic carbocycles. The standard InChI is InChI=1S/C19H15BrN4O2S/c1-11(17(25)22-13-8-6-12(20)7-9-13)27-19-24-23-18(26-19)15-10-21-16-5-3-2-4-14(15)16/h2-11,21H,1H3,(H,22,25). The van der Waals surface area contributed by atoms with Crippen LogP contribution in [0.1, 0.15) is 6.92 Å². The van der Waals surface area contributed by atoms with Gasteiger partial charge in [-0.25, -0.2) is 0 Å². The molecule has 0 aliphatic heterocycles. The van der Waals surface area contributed by atoms with Crippen LogP contribution in [0.5, 0.6) is 0 Å². The first-order valence-corrected chi connectivity index (χ1v) is 9.90. The van der Waals surface area contributed by atoms with Gasteiger partial charge in [-0.05, 0) is 37.3 Å². The predicted molar refractivity (Wildman–Crippen MR) is 110 cm³/mol. The summed E-state index contributed by atoms with van der Waals surface area (Å²) >= 11 is 4.60. The summed E-state index contributed by atoms with van der Waals surface area (Å²) in [5.74, 6) is 0.296. The van der Waals surface area contributed by atoms with Gasteiger partial charge in [0.2, 0.25) is 5.91 Å². The first-order chi connectivity index (χ1) is 13.1. The zero-order valence-electron chi connectivity index (χ0n) is 14.3. The highest BCUT2D eigenvalue weighted by atomic mass is 79.9. The lowest BCUT2D eigenvalue weighted by Gasteiger charge is -2.09. The highest BCUT2D eigenvalue weighted by Crippen LogP contribution is 2.31. The van der Waals surface area contributed by atoms with Crippen LogP contribution in [0.25, 0.3) is 22.4 Å². The minimum atomic E-state index is -0.384. The smallest absolute Gasteiger partial charge is 0.277 e. The monoisotopic (exact) mass is 442 g/mol. The van der Waals surface area contributed by atoms with E-state index in [9.17, 15) is 4.79 Å². The lowest BCUT2D eigenvalue weighted by atomic mass is 10.2. The number of halogens is 1. The third-order valence-corrected chi connectivity index (χ3v) is 5.45. The number of nitrogens with zero attached hydrogens (tertiary/aromatic N) is 2. The van der Waals surface area contributed by atoms with Gasteiger partial charge >= 0.3 is 0 Å². The summed E-state index contributed by atoms with van der Waals surface area (Å²) < 4.78 is 6.71. The molecule has 0 radical (unpaired) electrons. The summed E-state index contributed by atoms with van der Waals surface area (Å²) in [6, 6.07) is 15.3. The zero-order chi connectivity index (χ0) is 18.8. The quantitative estimate of drug-likeness (QED) is 0.420. The largest absolute Gasteiger partial charge is 0.411 e. The summed E-state index contributed by atoms with van der Waals surface area (Å²) in [5.41, 5.74) is 2.58. The van der Waals surface area contributed by atoms with E-state index in [1.165, 1.54) is 11.8 Å². The number of amides is 1. The van der Waals surface area contributed by atoms with E-state index in [4.69, 9.17) is 4.42 Å². The van der Waals surface area contributed by atoms with Gasteiger partial charge in [0.15, 0.2) is 0 Å². The normalized spacial score (nSPS) is 12.2. The van der Waals surface area contributed by atoms with E-state index in [-0.39, 0.29) is 11.2 Å². The van der Waals surface area contributed by atoms with Gasteiger partial charge in [-0.3, -0.25) is 4.79 Å². The van der Waals surface area contributed by atoms with E-state index in [0.29, 0.717) is 11.1 Å². The number of nitrogens with one attached hydrogen (secondary N) is 2. The maximum absolute atomic E-state index is 12.4. The van der Waals surface area contributed by atoms with Crippen LogP contribution in [0.3, 0.4) is 0 Å². The fraction of sp³-hybridized carbons (Fsp3) is 0.105. The summed E-state index contributed by atoms with van der Waals surface area (Å²) in [4.78, 5) is 15.6. The molecule has 2 N–H and O–H groups in total.